The molecular weight excluding hydrogens is 292 g/mol. The monoisotopic (exact) mass is 306 g/mol. The first-order chi connectivity index (χ1) is 9.97. The molecule has 0 aliphatic carbocycles. The first kappa shape index (κ1) is 15.3. The molecule has 1 aromatic carbocycles. The number of amides is 4. The fourth-order valence-corrected chi connectivity index (χ4v) is 2.58. The largest absolute Gasteiger partial charge is 0.331 e. The van der Waals surface area contributed by atoms with Crippen LogP contribution in [0.1, 0.15) is 24.8 Å². The van der Waals surface area contributed by atoms with Crippen LogP contribution in [0.4, 0.5) is 4.79 Å². The van der Waals surface area contributed by atoms with E-state index in [0.29, 0.717) is 17.0 Å². The minimum absolute atomic E-state index is 0.316. The Labute approximate surface area is 127 Å². The molecule has 110 valence electrons. The minimum atomic E-state index is -1.11. The van der Waals surface area contributed by atoms with E-state index in [1.165, 1.54) is 0 Å². The highest BCUT2D eigenvalue weighted by Crippen LogP contribution is 2.29. The van der Waals surface area contributed by atoms with Gasteiger partial charge in [-0.3, -0.25) is 19.8 Å². The van der Waals surface area contributed by atoms with Crippen LogP contribution in [0.25, 0.3) is 0 Å². The lowest BCUT2D eigenvalue weighted by molar-refractivity contribution is -0.139. The third-order valence-corrected chi connectivity index (χ3v) is 3.70. The van der Waals surface area contributed by atoms with E-state index in [1.807, 2.05) is 0 Å². The van der Waals surface area contributed by atoms with Crippen LogP contribution in [0, 0.1) is 0 Å². The summed E-state index contributed by atoms with van der Waals surface area (Å²) in [7, 11) is 0. The van der Waals surface area contributed by atoms with Crippen molar-refractivity contribution in [1.82, 2.24) is 10.2 Å². The minimum Gasteiger partial charge on any atom is -0.277 e. The normalized spacial score (nSPS) is 20.2. The van der Waals surface area contributed by atoms with E-state index in [0.717, 1.165) is 4.90 Å². The molecule has 0 bridgehead atoms. The van der Waals surface area contributed by atoms with Crippen LogP contribution in [0.5, 0.6) is 0 Å². The standard InChI is InChI=1S/C15H15ClN2O3/c1-3-6-9(2)18-14(20)12(13(19)17-15(18)21)10-7-4-5-8-11(10)16/h3-5,7-9,12H,1,6H2,2H3,(H,17,19,21). The zero-order chi connectivity index (χ0) is 15.6. The first-order valence-electron chi connectivity index (χ1n) is 6.50. The van der Waals surface area contributed by atoms with Gasteiger partial charge in [-0.05, 0) is 25.0 Å². The molecule has 0 saturated carbocycles. The number of carbonyl (C=O) groups excluding carboxylic acids is 3. The average Bonchev–Trinajstić information content (AvgIpc) is 2.40. The quantitative estimate of drug-likeness (QED) is 0.686. The fourth-order valence-electron chi connectivity index (χ4n) is 2.34. The van der Waals surface area contributed by atoms with Crippen molar-refractivity contribution < 1.29 is 14.4 Å². The number of rotatable bonds is 4. The van der Waals surface area contributed by atoms with Crippen molar-refractivity contribution in [2.45, 2.75) is 25.3 Å². The van der Waals surface area contributed by atoms with Crippen molar-refractivity contribution in [3.05, 3.63) is 47.5 Å². The third-order valence-electron chi connectivity index (χ3n) is 3.36. The Morgan fingerprint density at radius 1 is 1.38 bits per heavy atom. The molecular formula is C15H15ClN2O3. The van der Waals surface area contributed by atoms with Gasteiger partial charge in [-0.15, -0.1) is 6.58 Å². The van der Waals surface area contributed by atoms with Crippen LogP contribution >= 0.6 is 11.6 Å². The van der Waals surface area contributed by atoms with Crippen LogP contribution < -0.4 is 5.32 Å². The lowest BCUT2D eigenvalue weighted by Gasteiger charge is -2.34. The van der Waals surface area contributed by atoms with Gasteiger partial charge in [0, 0.05) is 11.1 Å². The summed E-state index contributed by atoms with van der Waals surface area (Å²) in [6.45, 7) is 5.31. The van der Waals surface area contributed by atoms with E-state index >= 15 is 0 Å². The number of carbonyl (C=O) groups is 3. The number of nitrogens with zero attached hydrogens (tertiary/aromatic N) is 1. The van der Waals surface area contributed by atoms with Crippen molar-refractivity contribution in [3.8, 4) is 0 Å². The van der Waals surface area contributed by atoms with E-state index in [-0.39, 0.29) is 6.04 Å². The molecule has 2 atom stereocenters. The Morgan fingerprint density at radius 3 is 2.67 bits per heavy atom. The van der Waals surface area contributed by atoms with Gasteiger partial charge in [0.25, 0.3) is 0 Å². The summed E-state index contributed by atoms with van der Waals surface area (Å²) in [4.78, 5) is 37.6. The molecule has 2 unspecified atom stereocenters. The maximum Gasteiger partial charge on any atom is 0.331 e. The van der Waals surface area contributed by atoms with Crippen LogP contribution in [0.3, 0.4) is 0 Å². The number of hydrogen-bond donors (Lipinski definition) is 1. The smallest absolute Gasteiger partial charge is 0.277 e. The van der Waals surface area contributed by atoms with Crippen LogP contribution in [-0.4, -0.2) is 28.8 Å². The summed E-state index contributed by atoms with van der Waals surface area (Å²) in [5.74, 6) is -2.32. The molecule has 0 radical (unpaired) electrons. The molecule has 4 amide bonds. The molecule has 1 saturated heterocycles. The Morgan fingerprint density at radius 2 is 2.05 bits per heavy atom. The van der Waals surface area contributed by atoms with Crippen LogP contribution in [0.2, 0.25) is 5.02 Å². The SMILES string of the molecule is C=CCC(C)N1C(=O)NC(=O)C(c2ccccc2Cl)C1=O. The van der Waals surface area contributed by atoms with Crippen molar-refractivity contribution in [2.75, 3.05) is 0 Å². The molecule has 5 nitrogen and oxygen atoms in total. The predicted molar refractivity (Wildman–Crippen MR) is 78.9 cm³/mol. The second-order valence-electron chi connectivity index (χ2n) is 4.83. The predicted octanol–water partition coefficient (Wildman–Crippen LogP) is 2.47. The summed E-state index contributed by atoms with van der Waals surface area (Å²) < 4.78 is 0. The maximum atomic E-state index is 12.6. The molecule has 0 aromatic heterocycles. The van der Waals surface area contributed by atoms with Gasteiger partial charge in [-0.25, -0.2) is 4.79 Å². The van der Waals surface area contributed by atoms with Crippen molar-refractivity contribution in [1.29, 1.82) is 0 Å². The summed E-state index contributed by atoms with van der Waals surface area (Å²) in [5.41, 5.74) is 0.393. The molecule has 1 aromatic rings. The number of nitrogens with one attached hydrogen (secondary N) is 1. The first-order valence-corrected chi connectivity index (χ1v) is 6.88. The van der Waals surface area contributed by atoms with Gasteiger partial charge in [-0.2, -0.15) is 0 Å². The topological polar surface area (TPSA) is 66.5 Å². The van der Waals surface area contributed by atoms with Gasteiger partial charge in [0.05, 0.1) is 0 Å². The van der Waals surface area contributed by atoms with Crippen LogP contribution in [-0.2, 0) is 9.59 Å². The van der Waals surface area contributed by atoms with E-state index in [4.69, 9.17) is 11.6 Å². The highest BCUT2D eigenvalue weighted by atomic mass is 35.5. The number of benzene rings is 1. The second-order valence-corrected chi connectivity index (χ2v) is 5.24. The summed E-state index contributed by atoms with van der Waals surface area (Å²) in [5, 5.41) is 2.53. The number of urea groups is 1. The number of halogens is 1. The lowest BCUT2D eigenvalue weighted by atomic mass is 9.94. The lowest BCUT2D eigenvalue weighted by Crippen LogP contribution is -2.59. The van der Waals surface area contributed by atoms with Crippen molar-refractivity contribution in [3.63, 3.8) is 0 Å². The average molecular weight is 307 g/mol. The molecule has 1 N–H and O–H groups in total. The number of hydrogen-bond acceptors (Lipinski definition) is 3. The number of barbiturate groups is 1. The molecule has 21 heavy (non-hydrogen) atoms. The maximum absolute atomic E-state index is 12.6. The number of imide groups is 2. The Balaban J connectivity index is 2.40. The molecule has 1 aliphatic heterocycles. The van der Waals surface area contributed by atoms with Crippen LogP contribution in [0.15, 0.2) is 36.9 Å². The van der Waals surface area contributed by atoms with E-state index in [9.17, 15) is 14.4 Å². The fraction of sp³-hybridized carbons (Fsp3) is 0.267. The highest BCUT2D eigenvalue weighted by molar-refractivity contribution is 6.32. The van der Waals surface area contributed by atoms with Gasteiger partial charge >= 0.3 is 6.03 Å². The van der Waals surface area contributed by atoms with Crippen molar-refractivity contribution in [2.24, 2.45) is 0 Å². The van der Waals surface area contributed by atoms with Crippen molar-refractivity contribution >= 4 is 29.4 Å². The summed E-state index contributed by atoms with van der Waals surface area (Å²) in [6, 6.07) is 5.52. The summed E-state index contributed by atoms with van der Waals surface area (Å²) in [6.07, 6.45) is 2.06. The second kappa shape index (κ2) is 6.10. The van der Waals surface area contributed by atoms with Gasteiger partial charge in [0.2, 0.25) is 11.8 Å². The van der Waals surface area contributed by atoms with Gasteiger partial charge in [0.15, 0.2) is 0 Å². The Kier molecular flexibility index (Phi) is 4.43. The highest BCUT2D eigenvalue weighted by Gasteiger charge is 2.43. The molecule has 1 fully saturated rings. The zero-order valence-corrected chi connectivity index (χ0v) is 12.3. The third kappa shape index (κ3) is 2.83. The van der Waals surface area contributed by atoms with Gasteiger partial charge in [-0.1, -0.05) is 35.9 Å². The van der Waals surface area contributed by atoms with Gasteiger partial charge in [0.1, 0.15) is 5.92 Å². The van der Waals surface area contributed by atoms with Gasteiger partial charge < -0.3 is 0 Å². The molecule has 0 spiro atoms. The molecule has 1 aliphatic rings. The summed E-state index contributed by atoms with van der Waals surface area (Å²) >= 11 is 6.06. The Hall–Kier alpha value is -2.14. The molecule has 2 rings (SSSR count). The Bertz CT molecular complexity index is 615. The molecule has 1 heterocycles. The van der Waals surface area contributed by atoms with E-state index in [1.54, 1.807) is 37.3 Å². The van der Waals surface area contributed by atoms with E-state index < -0.39 is 23.8 Å². The molecule has 6 heteroatoms. The zero-order valence-electron chi connectivity index (χ0n) is 11.5. The van der Waals surface area contributed by atoms with E-state index in [2.05, 4.69) is 11.9 Å².